The topological polar surface area (TPSA) is 53.1 Å². The van der Waals surface area contributed by atoms with E-state index in [1.54, 1.807) is 4.68 Å². The Hall–Kier alpha value is -1.88. The zero-order valence-electron chi connectivity index (χ0n) is 12.3. The smallest absolute Gasteiger partial charge is 0.228 e. The molecule has 2 N–H and O–H groups in total. The van der Waals surface area contributed by atoms with Crippen LogP contribution in [0.3, 0.4) is 0 Å². The molecule has 0 radical (unpaired) electrons. The normalized spacial score (nSPS) is 13.8. The Bertz CT molecular complexity index is 706. The first-order valence-corrected chi connectivity index (χ1v) is 7.60. The number of ether oxygens (including phenoxy) is 1. The number of nitrogens with two attached hydrogens (primary N) is 1. The van der Waals surface area contributed by atoms with Gasteiger partial charge in [-0.3, -0.25) is 0 Å². The average molecular weight is 301 g/mol. The molecule has 1 aliphatic carbocycles. The van der Waals surface area contributed by atoms with Crippen LogP contribution in [-0.4, -0.2) is 14.8 Å². The van der Waals surface area contributed by atoms with Gasteiger partial charge in [-0.15, -0.1) is 0 Å². The molecule has 0 fully saturated rings. The van der Waals surface area contributed by atoms with Gasteiger partial charge in [0, 0.05) is 7.05 Å². The second-order valence-electron chi connectivity index (χ2n) is 5.49. The van der Waals surface area contributed by atoms with Gasteiger partial charge in [-0.2, -0.15) is 5.10 Å². The van der Waals surface area contributed by atoms with Crippen molar-refractivity contribution in [1.82, 2.24) is 9.78 Å². The van der Waals surface area contributed by atoms with Crippen LogP contribution in [0, 0.1) is 6.92 Å². The summed E-state index contributed by atoms with van der Waals surface area (Å²) < 4.78 is 7.71. The van der Waals surface area contributed by atoms with Crippen LogP contribution < -0.4 is 10.5 Å². The Labute approximate surface area is 129 Å². The lowest BCUT2D eigenvalue weighted by Gasteiger charge is -2.17. The van der Waals surface area contributed by atoms with Gasteiger partial charge < -0.3 is 10.5 Å². The van der Waals surface area contributed by atoms with E-state index in [9.17, 15) is 0 Å². The van der Waals surface area contributed by atoms with Gasteiger partial charge in [0.1, 0.15) is 10.7 Å². The predicted molar refractivity (Wildman–Crippen MR) is 87.0 cm³/mol. The summed E-state index contributed by atoms with van der Waals surface area (Å²) in [6.45, 7) is 1.88. The number of fused-ring (bicyclic) bond motifs is 1. The molecular weight excluding hydrogens is 282 g/mol. The molecule has 3 rings (SSSR count). The first-order valence-electron chi connectivity index (χ1n) is 7.19. The first kappa shape index (κ1) is 14.1. The summed E-state index contributed by atoms with van der Waals surface area (Å²) in [7, 11) is 1.84. The third-order valence-electron chi connectivity index (χ3n) is 3.95. The van der Waals surface area contributed by atoms with E-state index in [0.717, 1.165) is 17.9 Å². The maximum atomic E-state index is 6.02. The highest BCUT2D eigenvalue weighted by molar-refractivity contribution is 7.80. The van der Waals surface area contributed by atoms with Gasteiger partial charge in [0.2, 0.25) is 5.88 Å². The Morgan fingerprint density at radius 1 is 1.29 bits per heavy atom. The van der Waals surface area contributed by atoms with Crippen LogP contribution >= 0.6 is 12.2 Å². The van der Waals surface area contributed by atoms with Gasteiger partial charge in [0.05, 0.1) is 11.3 Å². The zero-order valence-corrected chi connectivity index (χ0v) is 13.2. The molecule has 5 heteroatoms. The van der Waals surface area contributed by atoms with Gasteiger partial charge in [0.15, 0.2) is 0 Å². The molecule has 0 spiro atoms. The lowest BCUT2D eigenvalue weighted by atomic mass is 9.92. The van der Waals surface area contributed by atoms with E-state index in [2.05, 4.69) is 17.2 Å². The van der Waals surface area contributed by atoms with Crippen molar-refractivity contribution in [2.75, 3.05) is 0 Å². The number of rotatable bonds is 3. The largest absolute Gasteiger partial charge is 0.439 e. The number of hydrogen-bond acceptors (Lipinski definition) is 3. The highest BCUT2D eigenvalue weighted by atomic mass is 32.1. The number of nitrogens with zero attached hydrogens (tertiary/aromatic N) is 2. The van der Waals surface area contributed by atoms with Crippen LogP contribution in [0.1, 0.15) is 35.2 Å². The fourth-order valence-electron chi connectivity index (χ4n) is 2.92. The van der Waals surface area contributed by atoms with E-state index in [-0.39, 0.29) is 0 Å². The third kappa shape index (κ3) is 2.65. The maximum Gasteiger partial charge on any atom is 0.228 e. The standard InChI is InChI=1S/C16H19N3OS/c1-10-14(15(17)21)16(19(2)18-10)20-13-8-7-11-5-3-4-6-12(11)9-13/h7-9H,3-6H2,1-2H3,(H2,17,21). The van der Waals surface area contributed by atoms with E-state index >= 15 is 0 Å². The average Bonchev–Trinajstić information content (AvgIpc) is 2.73. The van der Waals surface area contributed by atoms with Crippen molar-refractivity contribution in [3.05, 3.63) is 40.6 Å². The number of aryl methyl sites for hydroxylation is 4. The number of aromatic nitrogens is 2. The van der Waals surface area contributed by atoms with Crippen molar-refractivity contribution in [3.8, 4) is 11.6 Å². The molecule has 0 amide bonds. The maximum absolute atomic E-state index is 6.02. The number of benzene rings is 1. The van der Waals surface area contributed by atoms with Crippen molar-refractivity contribution in [3.63, 3.8) is 0 Å². The minimum absolute atomic E-state index is 0.313. The molecule has 0 saturated carbocycles. The lowest BCUT2D eigenvalue weighted by molar-refractivity contribution is 0.429. The minimum Gasteiger partial charge on any atom is -0.439 e. The molecule has 110 valence electrons. The SMILES string of the molecule is Cc1nn(C)c(Oc2ccc3c(c2)CCCC3)c1C(N)=S. The van der Waals surface area contributed by atoms with Crippen LogP contribution in [0.5, 0.6) is 11.6 Å². The fourth-order valence-corrected chi connectivity index (χ4v) is 3.16. The van der Waals surface area contributed by atoms with Crippen molar-refractivity contribution in [1.29, 1.82) is 0 Å². The molecule has 0 atom stereocenters. The molecule has 21 heavy (non-hydrogen) atoms. The molecule has 4 nitrogen and oxygen atoms in total. The molecule has 1 heterocycles. The Balaban J connectivity index is 1.95. The van der Waals surface area contributed by atoms with Crippen LogP contribution in [0.25, 0.3) is 0 Å². The summed E-state index contributed by atoms with van der Waals surface area (Å²) in [6, 6.07) is 6.30. The molecule has 1 aliphatic rings. The van der Waals surface area contributed by atoms with E-state index in [1.807, 2.05) is 20.0 Å². The Morgan fingerprint density at radius 3 is 2.71 bits per heavy atom. The van der Waals surface area contributed by atoms with E-state index in [0.29, 0.717) is 16.4 Å². The molecule has 2 aromatic rings. The van der Waals surface area contributed by atoms with Gasteiger partial charge in [-0.05, 0) is 55.9 Å². The number of hydrogen-bond donors (Lipinski definition) is 1. The minimum atomic E-state index is 0.313. The summed E-state index contributed by atoms with van der Waals surface area (Å²) in [5.74, 6) is 1.42. The molecule has 0 unspecified atom stereocenters. The van der Waals surface area contributed by atoms with Crippen molar-refractivity contribution >= 4 is 17.2 Å². The molecular formula is C16H19N3OS. The predicted octanol–water partition coefficient (Wildman–Crippen LogP) is 3.03. The highest BCUT2D eigenvalue weighted by Gasteiger charge is 2.18. The van der Waals surface area contributed by atoms with E-state index in [4.69, 9.17) is 22.7 Å². The monoisotopic (exact) mass is 301 g/mol. The fraction of sp³-hybridized carbons (Fsp3) is 0.375. The first-order chi connectivity index (χ1) is 10.1. The van der Waals surface area contributed by atoms with Gasteiger partial charge >= 0.3 is 0 Å². The Kier molecular flexibility index (Phi) is 3.68. The Morgan fingerprint density at radius 2 is 2.00 bits per heavy atom. The summed E-state index contributed by atoms with van der Waals surface area (Å²) >= 11 is 5.11. The summed E-state index contributed by atoms with van der Waals surface area (Å²) in [4.78, 5) is 0.313. The third-order valence-corrected chi connectivity index (χ3v) is 4.15. The second-order valence-corrected chi connectivity index (χ2v) is 5.93. The molecule has 0 saturated heterocycles. The van der Waals surface area contributed by atoms with Gasteiger partial charge in [-0.25, -0.2) is 4.68 Å². The highest BCUT2D eigenvalue weighted by Crippen LogP contribution is 2.30. The van der Waals surface area contributed by atoms with Crippen LogP contribution in [0.2, 0.25) is 0 Å². The summed E-state index contributed by atoms with van der Waals surface area (Å²) in [5.41, 5.74) is 10.1. The van der Waals surface area contributed by atoms with Crippen molar-refractivity contribution in [2.24, 2.45) is 12.8 Å². The van der Waals surface area contributed by atoms with E-state index in [1.165, 1.54) is 30.4 Å². The van der Waals surface area contributed by atoms with Crippen molar-refractivity contribution < 1.29 is 4.74 Å². The van der Waals surface area contributed by atoms with Crippen LogP contribution in [-0.2, 0) is 19.9 Å². The molecule has 0 bridgehead atoms. The summed E-state index contributed by atoms with van der Waals surface area (Å²) in [6.07, 6.45) is 4.82. The zero-order chi connectivity index (χ0) is 15.0. The van der Waals surface area contributed by atoms with Gasteiger partial charge in [0.25, 0.3) is 0 Å². The molecule has 0 aliphatic heterocycles. The quantitative estimate of drug-likeness (QED) is 0.885. The number of thiocarbonyl (C=S) groups is 1. The lowest BCUT2D eigenvalue weighted by Crippen LogP contribution is -2.11. The van der Waals surface area contributed by atoms with Crippen molar-refractivity contribution in [2.45, 2.75) is 32.6 Å². The molecule has 1 aromatic carbocycles. The second kappa shape index (κ2) is 5.48. The van der Waals surface area contributed by atoms with Crippen LogP contribution in [0.4, 0.5) is 0 Å². The summed E-state index contributed by atoms with van der Waals surface area (Å²) in [5, 5.41) is 4.34. The molecule has 1 aromatic heterocycles. The van der Waals surface area contributed by atoms with Gasteiger partial charge in [-0.1, -0.05) is 18.3 Å². The van der Waals surface area contributed by atoms with Crippen LogP contribution in [0.15, 0.2) is 18.2 Å². The van der Waals surface area contributed by atoms with E-state index < -0.39 is 0 Å².